The van der Waals surface area contributed by atoms with Crippen LogP contribution in [-0.2, 0) is 20.7 Å². The number of phenolic OH excluding ortho intramolecular Hbond substituents is 1. The van der Waals surface area contributed by atoms with Gasteiger partial charge in [-0.2, -0.15) is 0 Å². The highest BCUT2D eigenvalue weighted by Gasteiger charge is 2.36. The highest BCUT2D eigenvalue weighted by atomic mass is 16.7. The summed E-state index contributed by atoms with van der Waals surface area (Å²) in [4.78, 5) is 11.7. The summed E-state index contributed by atoms with van der Waals surface area (Å²) >= 11 is 0. The standard InChI is InChI=1S/C21H34N2O5/c1-13-20(28-12-21(3,4)5)27-11-18(22-13)19(26)17(23-14(2)24)10-15-7-6-8-16(25)9-15/h6-9,13,17-20,22,25-26H,10-12H2,1-5H3,(H,23,24)/t13-,17-,18+,19-,20-/m0/s1. The van der Waals surface area contributed by atoms with E-state index in [0.717, 1.165) is 5.56 Å². The molecule has 0 aliphatic carbocycles. The largest absolute Gasteiger partial charge is 0.508 e. The van der Waals surface area contributed by atoms with E-state index < -0.39 is 12.1 Å². The smallest absolute Gasteiger partial charge is 0.217 e. The van der Waals surface area contributed by atoms with E-state index in [0.29, 0.717) is 13.0 Å². The predicted molar refractivity (Wildman–Crippen MR) is 107 cm³/mol. The number of hydrogen-bond donors (Lipinski definition) is 4. The number of phenols is 1. The maximum atomic E-state index is 11.7. The summed E-state index contributed by atoms with van der Waals surface area (Å²) in [6.45, 7) is 10.5. The Kier molecular flexibility index (Phi) is 7.83. The van der Waals surface area contributed by atoms with Gasteiger partial charge in [0.15, 0.2) is 6.29 Å². The van der Waals surface area contributed by atoms with Gasteiger partial charge >= 0.3 is 0 Å². The summed E-state index contributed by atoms with van der Waals surface area (Å²) in [5.74, 6) is -0.0690. The molecular formula is C21H34N2O5. The summed E-state index contributed by atoms with van der Waals surface area (Å²) in [6.07, 6.45) is -0.851. The highest BCUT2D eigenvalue weighted by Crippen LogP contribution is 2.20. The number of hydrogen-bond acceptors (Lipinski definition) is 6. The van der Waals surface area contributed by atoms with Gasteiger partial charge in [0.05, 0.1) is 37.4 Å². The first-order valence-electron chi connectivity index (χ1n) is 9.77. The molecule has 1 aromatic carbocycles. The normalized spacial score (nSPS) is 25.1. The van der Waals surface area contributed by atoms with Crippen molar-refractivity contribution >= 4 is 5.91 Å². The molecule has 7 nitrogen and oxygen atoms in total. The molecule has 1 fully saturated rings. The molecule has 1 heterocycles. The van der Waals surface area contributed by atoms with Gasteiger partial charge in [-0.25, -0.2) is 0 Å². The molecule has 1 aliphatic rings. The Morgan fingerprint density at radius 3 is 2.71 bits per heavy atom. The Hall–Kier alpha value is -1.67. The zero-order valence-electron chi connectivity index (χ0n) is 17.4. The van der Waals surface area contributed by atoms with Crippen molar-refractivity contribution in [3.05, 3.63) is 29.8 Å². The molecule has 0 saturated carbocycles. The minimum Gasteiger partial charge on any atom is -0.508 e. The SMILES string of the molecule is CC(=O)N[C@@H](Cc1cccc(O)c1)[C@H](O)[C@H]1CO[C@@H](OCC(C)(C)C)[C@H](C)N1. The van der Waals surface area contributed by atoms with Crippen molar-refractivity contribution in [1.82, 2.24) is 10.6 Å². The number of carbonyl (C=O) groups is 1. The molecule has 0 spiro atoms. The third-order valence-electron chi connectivity index (χ3n) is 4.59. The summed E-state index contributed by atoms with van der Waals surface area (Å²) in [5, 5.41) is 26.8. The average molecular weight is 395 g/mol. The molecule has 0 unspecified atom stereocenters. The van der Waals surface area contributed by atoms with Crippen LogP contribution in [0.4, 0.5) is 0 Å². The van der Waals surface area contributed by atoms with Gasteiger partial charge < -0.3 is 30.3 Å². The average Bonchev–Trinajstić information content (AvgIpc) is 2.58. The van der Waals surface area contributed by atoms with Crippen LogP contribution in [0.15, 0.2) is 24.3 Å². The number of aliphatic hydroxyl groups excluding tert-OH is 1. The lowest BCUT2D eigenvalue weighted by molar-refractivity contribution is -0.201. The number of aromatic hydroxyl groups is 1. The van der Waals surface area contributed by atoms with Crippen LogP contribution in [0.1, 0.15) is 40.2 Å². The van der Waals surface area contributed by atoms with E-state index in [1.165, 1.54) is 6.92 Å². The lowest BCUT2D eigenvalue weighted by Crippen LogP contribution is -2.62. The first-order chi connectivity index (χ1) is 13.0. The van der Waals surface area contributed by atoms with Gasteiger partial charge in [0.1, 0.15) is 5.75 Å². The number of rotatable bonds is 7. The van der Waals surface area contributed by atoms with Gasteiger partial charge in [0.25, 0.3) is 0 Å². The molecule has 7 heteroatoms. The summed E-state index contributed by atoms with van der Waals surface area (Å²) in [5.41, 5.74) is 0.867. The zero-order valence-corrected chi connectivity index (χ0v) is 17.4. The van der Waals surface area contributed by atoms with Gasteiger partial charge in [-0.05, 0) is 36.5 Å². The van der Waals surface area contributed by atoms with Crippen LogP contribution in [0, 0.1) is 5.41 Å². The van der Waals surface area contributed by atoms with E-state index in [1.54, 1.807) is 18.2 Å². The van der Waals surface area contributed by atoms with Gasteiger partial charge in [0, 0.05) is 6.92 Å². The maximum Gasteiger partial charge on any atom is 0.217 e. The van der Waals surface area contributed by atoms with Crippen molar-refractivity contribution in [1.29, 1.82) is 0 Å². The fraction of sp³-hybridized carbons (Fsp3) is 0.667. The van der Waals surface area contributed by atoms with E-state index >= 15 is 0 Å². The molecule has 158 valence electrons. The molecule has 28 heavy (non-hydrogen) atoms. The third kappa shape index (κ3) is 7.05. The van der Waals surface area contributed by atoms with E-state index in [2.05, 4.69) is 31.4 Å². The number of benzene rings is 1. The Balaban J connectivity index is 2.00. The van der Waals surface area contributed by atoms with Gasteiger partial charge in [-0.1, -0.05) is 32.9 Å². The van der Waals surface area contributed by atoms with Gasteiger partial charge in [0.2, 0.25) is 5.91 Å². The molecule has 1 amide bonds. The van der Waals surface area contributed by atoms with Crippen LogP contribution >= 0.6 is 0 Å². The molecule has 1 aromatic rings. The molecular weight excluding hydrogens is 360 g/mol. The molecule has 0 aromatic heterocycles. The van der Waals surface area contributed by atoms with Crippen LogP contribution < -0.4 is 10.6 Å². The van der Waals surface area contributed by atoms with Gasteiger partial charge in [-0.3, -0.25) is 4.79 Å². The van der Waals surface area contributed by atoms with Crippen molar-refractivity contribution in [3.63, 3.8) is 0 Å². The quantitative estimate of drug-likeness (QED) is 0.560. The second-order valence-corrected chi connectivity index (χ2v) is 8.81. The fourth-order valence-corrected chi connectivity index (χ4v) is 3.26. The number of morpholine rings is 1. The van der Waals surface area contributed by atoms with Crippen LogP contribution in [-0.4, -0.2) is 59.9 Å². The fourth-order valence-electron chi connectivity index (χ4n) is 3.26. The Labute approximate surface area is 167 Å². The van der Waals surface area contributed by atoms with E-state index in [9.17, 15) is 15.0 Å². The number of aliphatic hydroxyl groups is 1. The van der Waals surface area contributed by atoms with Crippen molar-refractivity contribution in [2.24, 2.45) is 5.41 Å². The zero-order chi connectivity index (χ0) is 20.9. The monoisotopic (exact) mass is 394 g/mol. The summed E-state index contributed by atoms with van der Waals surface area (Å²) in [7, 11) is 0. The van der Waals surface area contributed by atoms with Gasteiger partial charge in [-0.15, -0.1) is 0 Å². The minimum atomic E-state index is -0.864. The topological polar surface area (TPSA) is 100 Å². The van der Waals surface area contributed by atoms with Crippen LogP contribution in [0.5, 0.6) is 5.75 Å². The Morgan fingerprint density at radius 2 is 2.14 bits per heavy atom. The van der Waals surface area contributed by atoms with Crippen LogP contribution in [0.2, 0.25) is 0 Å². The second kappa shape index (κ2) is 9.69. The minimum absolute atomic E-state index is 0.0389. The van der Waals surface area contributed by atoms with E-state index in [4.69, 9.17) is 9.47 Å². The molecule has 0 bridgehead atoms. The van der Waals surface area contributed by atoms with Crippen LogP contribution in [0.3, 0.4) is 0 Å². The van der Waals surface area contributed by atoms with Crippen molar-refractivity contribution < 1.29 is 24.5 Å². The Morgan fingerprint density at radius 1 is 1.43 bits per heavy atom. The maximum absolute atomic E-state index is 11.7. The predicted octanol–water partition coefficient (Wildman–Crippen LogP) is 1.57. The number of carbonyl (C=O) groups excluding carboxylic acids is 1. The molecule has 1 aliphatic heterocycles. The lowest BCUT2D eigenvalue weighted by Gasteiger charge is -2.40. The van der Waals surface area contributed by atoms with Crippen molar-refractivity contribution in [2.75, 3.05) is 13.2 Å². The van der Waals surface area contributed by atoms with Crippen LogP contribution in [0.25, 0.3) is 0 Å². The lowest BCUT2D eigenvalue weighted by atomic mass is 9.95. The number of nitrogens with one attached hydrogen (secondary N) is 2. The Bertz CT molecular complexity index is 646. The van der Waals surface area contributed by atoms with Crippen molar-refractivity contribution in [3.8, 4) is 5.75 Å². The van der Waals surface area contributed by atoms with Crippen molar-refractivity contribution in [2.45, 2.75) is 71.6 Å². The van der Waals surface area contributed by atoms with E-state index in [-0.39, 0.29) is 42.1 Å². The second-order valence-electron chi connectivity index (χ2n) is 8.81. The molecule has 5 atom stereocenters. The third-order valence-corrected chi connectivity index (χ3v) is 4.59. The molecule has 2 rings (SSSR count). The number of amides is 1. The summed E-state index contributed by atoms with van der Waals surface area (Å²) < 4.78 is 11.7. The summed E-state index contributed by atoms with van der Waals surface area (Å²) in [6, 6.07) is 5.84. The molecule has 0 radical (unpaired) electrons. The first-order valence-corrected chi connectivity index (χ1v) is 9.77. The molecule has 4 N–H and O–H groups in total. The molecule has 1 saturated heterocycles. The first kappa shape index (κ1) is 22.6. The highest BCUT2D eigenvalue weighted by molar-refractivity contribution is 5.73. The number of ether oxygens (including phenoxy) is 2. The van der Waals surface area contributed by atoms with E-state index in [1.807, 2.05) is 13.0 Å².